The topological polar surface area (TPSA) is 49.2 Å². The molecule has 0 N–H and O–H groups in total. The largest absolute Gasteiger partial charge is 0.497 e. The molecule has 8 rings (SSSR count). The molecule has 2 bridgehead atoms. The van der Waals surface area contributed by atoms with Gasteiger partial charge in [-0.2, -0.15) is 0 Å². The molecule has 1 aromatic carbocycles. The first-order valence-electron chi connectivity index (χ1n) is 17.5. The van der Waals surface area contributed by atoms with E-state index in [4.69, 9.17) is 19.8 Å². The minimum atomic E-state index is 0.0285. The third-order valence-corrected chi connectivity index (χ3v) is 15.7. The van der Waals surface area contributed by atoms with E-state index >= 15 is 0 Å². The van der Waals surface area contributed by atoms with Crippen LogP contribution in [-0.2, 0) is 23.1 Å². The first-order valence-corrected chi connectivity index (χ1v) is 17.5. The lowest BCUT2D eigenvalue weighted by molar-refractivity contribution is -0.233. The van der Waals surface area contributed by atoms with E-state index in [2.05, 4.69) is 71.3 Å². The maximum atomic E-state index is 6.80. The molecule has 1 saturated heterocycles. The third-order valence-electron chi connectivity index (χ3n) is 15.7. The van der Waals surface area contributed by atoms with Crippen molar-refractivity contribution in [1.82, 2.24) is 15.0 Å². The molecule has 5 nitrogen and oxygen atoms in total. The zero-order valence-electron chi connectivity index (χ0n) is 28.1. The van der Waals surface area contributed by atoms with Gasteiger partial charge in [0.2, 0.25) is 0 Å². The molecule has 0 amide bonds. The molecule has 2 aromatic rings. The van der Waals surface area contributed by atoms with Crippen LogP contribution >= 0.6 is 0 Å². The standard InChI is InChI=1S/C38H55N3O2/c1-33(2)16-18-38-19-17-36(6)26(30(38)32(33)43-23-38)12-13-29-35(5)21-27-31(34(3,4)28(35)14-15-37(29,36)7)41(40-39-27)22-24-10-9-11-25(20-24)42-8/h9-11,20,26,28-30,32H,12-19,21-23H2,1-8H3/t26-,28+,29-,30+,32-,35+,36-,37-,38-/m1/s1. The van der Waals surface area contributed by atoms with Gasteiger partial charge >= 0.3 is 0 Å². The fraction of sp³-hybridized carbons (Fsp3) is 0.789. The second kappa shape index (κ2) is 8.89. The molecular formula is C38H55N3O2. The van der Waals surface area contributed by atoms with E-state index in [1.165, 1.54) is 68.3 Å². The maximum Gasteiger partial charge on any atom is 0.119 e. The molecule has 234 valence electrons. The van der Waals surface area contributed by atoms with Crippen molar-refractivity contribution in [1.29, 1.82) is 0 Å². The van der Waals surface area contributed by atoms with Gasteiger partial charge < -0.3 is 9.47 Å². The summed E-state index contributed by atoms with van der Waals surface area (Å²) in [5.74, 6) is 3.81. The lowest BCUT2D eigenvalue weighted by Gasteiger charge is -2.72. The molecule has 5 heteroatoms. The summed E-state index contributed by atoms with van der Waals surface area (Å²) >= 11 is 0. The van der Waals surface area contributed by atoms with Crippen molar-refractivity contribution in [2.75, 3.05) is 13.7 Å². The highest BCUT2D eigenvalue weighted by atomic mass is 16.5. The molecular weight excluding hydrogens is 530 g/mol. The van der Waals surface area contributed by atoms with Gasteiger partial charge in [-0.25, -0.2) is 4.68 Å². The summed E-state index contributed by atoms with van der Waals surface area (Å²) in [5.41, 5.74) is 5.62. The van der Waals surface area contributed by atoms with Crippen LogP contribution in [-0.4, -0.2) is 34.8 Å². The van der Waals surface area contributed by atoms with Crippen molar-refractivity contribution >= 4 is 0 Å². The van der Waals surface area contributed by atoms with Crippen LogP contribution in [0.25, 0.3) is 0 Å². The number of fused-ring (bicyclic) bond motifs is 6. The Labute approximate surface area is 259 Å². The van der Waals surface area contributed by atoms with E-state index in [1.807, 2.05) is 6.07 Å². The van der Waals surface area contributed by atoms with Crippen LogP contribution in [0, 0.1) is 50.7 Å². The van der Waals surface area contributed by atoms with Gasteiger partial charge in [-0.1, -0.05) is 65.8 Å². The SMILES string of the molecule is COc1cccc(Cn2nnc3c2C(C)(C)[C@@H]2CC[C@]4(C)[C@H](CC[C@@H]5[C@H]6[C@H]7OC[C@@]6(CCC7(C)C)CC[C@]54C)[C@@]2(C)C3)c1. The number of rotatable bonds is 3. The Kier molecular flexibility index (Phi) is 5.91. The Hall–Kier alpha value is -1.88. The molecule has 5 fully saturated rings. The molecule has 9 atom stereocenters. The smallest absolute Gasteiger partial charge is 0.119 e. The number of ether oxygens (including phenoxy) is 2. The zero-order valence-corrected chi connectivity index (χ0v) is 28.1. The van der Waals surface area contributed by atoms with E-state index in [1.54, 1.807) is 7.11 Å². The second-order valence-electron chi connectivity index (χ2n) is 18.1. The number of hydrogen-bond acceptors (Lipinski definition) is 4. The quantitative estimate of drug-likeness (QED) is 0.364. The Balaban J connectivity index is 1.14. The molecule has 4 saturated carbocycles. The molecule has 0 spiro atoms. The van der Waals surface area contributed by atoms with Gasteiger partial charge in [0.1, 0.15) is 5.75 Å². The van der Waals surface area contributed by atoms with Crippen LogP contribution in [0.4, 0.5) is 0 Å². The lowest BCUT2D eigenvalue weighted by Crippen LogP contribution is -2.67. The van der Waals surface area contributed by atoms with Crippen LogP contribution in [0.1, 0.15) is 117 Å². The first kappa shape index (κ1) is 28.6. The van der Waals surface area contributed by atoms with Gasteiger partial charge in [0.25, 0.3) is 0 Å². The van der Waals surface area contributed by atoms with Crippen molar-refractivity contribution < 1.29 is 9.47 Å². The summed E-state index contributed by atoms with van der Waals surface area (Å²) in [5, 5.41) is 9.78. The summed E-state index contributed by atoms with van der Waals surface area (Å²) in [7, 11) is 1.74. The van der Waals surface area contributed by atoms with Crippen LogP contribution in [0.5, 0.6) is 5.75 Å². The molecule has 0 radical (unpaired) electrons. The molecule has 6 aliphatic rings. The Morgan fingerprint density at radius 1 is 0.907 bits per heavy atom. The average Bonchev–Trinajstić information content (AvgIpc) is 3.51. The maximum absolute atomic E-state index is 6.80. The van der Waals surface area contributed by atoms with E-state index < -0.39 is 0 Å². The summed E-state index contributed by atoms with van der Waals surface area (Å²) in [6, 6.07) is 8.42. The van der Waals surface area contributed by atoms with Gasteiger partial charge in [0, 0.05) is 5.41 Å². The van der Waals surface area contributed by atoms with Gasteiger partial charge in [0.15, 0.2) is 0 Å². The molecule has 43 heavy (non-hydrogen) atoms. The number of aromatic nitrogens is 3. The summed E-state index contributed by atoms with van der Waals surface area (Å²) in [4.78, 5) is 0. The van der Waals surface area contributed by atoms with Gasteiger partial charge in [0.05, 0.1) is 37.8 Å². The minimum absolute atomic E-state index is 0.0285. The second-order valence-corrected chi connectivity index (χ2v) is 18.1. The number of benzene rings is 1. The van der Waals surface area contributed by atoms with Crippen molar-refractivity contribution in [3.05, 3.63) is 41.2 Å². The van der Waals surface area contributed by atoms with E-state index in [0.29, 0.717) is 33.7 Å². The van der Waals surface area contributed by atoms with Crippen LogP contribution in [0.15, 0.2) is 24.3 Å². The molecule has 1 aliphatic heterocycles. The van der Waals surface area contributed by atoms with Gasteiger partial charge in [-0.05, 0) is 126 Å². The molecule has 5 aliphatic carbocycles. The lowest BCUT2D eigenvalue weighted by atomic mass is 9.31. The molecule has 1 aromatic heterocycles. The fourth-order valence-corrected chi connectivity index (χ4v) is 13.5. The number of methoxy groups -OCH3 is 1. The van der Waals surface area contributed by atoms with E-state index in [-0.39, 0.29) is 10.8 Å². The first-order chi connectivity index (χ1) is 20.3. The highest BCUT2D eigenvalue weighted by Crippen LogP contribution is 2.77. The molecule has 2 heterocycles. The van der Waals surface area contributed by atoms with Crippen molar-refractivity contribution in [3.8, 4) is 5.75 Å². The highest BCUT2D eigenvalue weighted by molar-refractivity contribution is 5.34. The monoisotopic (exact) mass is 585 g/mol. The minimum Gasteiger partial charge on any atom is -0.497 e. The van der Waals surface area contributed by atoms with E-state index in [0.717, 1.165) is 43.1 Å². The fourth-order valence-electron chi connectivity index (χ4n) is 13.5. The van der Waals surface area contributed by atoms with Crippen molar-refractivity contribution in [2.45, 2.75) is 124 Å². The highest BCUT2D eigenvalue weighted by Gasteiger charge is 2.73. The molecule has 0 unspecified atom stereocenters. The van der Waals surface area contributed by atoms with Crippen molar-refractivity contribution in [2.24, 2.45) is 50.7 Å². The Bertz CT molecular complexity index is 1440. The van der Waals surface area contributed by atoms with E-state index in [9.17, 15) is 0 Å². The summed E-state index contributed by atoms with van der Waals surface area (Å²) < 4.78 is 14.5. The Morgan fingerprint density at radius 3 is 2.49 bits per heavy atom. The zero-order chi connectivity index (χ0) is 30.2. The Morgan fingerprint density at radius 2 is 1.70 bits per heavy atom. The predicted molar refractivity (Wildman–Crippen MR) is 170 cm³/mol. The van der Waals surface area contributed by atoms with Crippen LogP contribution < -0.4 is 4.74 Å². The normalized spacial score (nSPS) is 45.3. The number of nitrogens with zero attached hydrogens (tertiary/aromatic N) is 3. The predicted octanol–water partition coefficient (Wildman–Crippen LogP) is 8.24. The van der Waals surface area contributed by atoms with Crippen LogP contribution in [0.3, 0.4) is 0 Å². The summed E-state index contributed by atoms with van der Waals surface area (Å²) in [6.07, 6.45) is 12.4. The average molecular weight is 586 g/mol. The van der Waals surface area contributed by atoms with Crippen molar-refractivity contribution in [3.63, 3.8) is 0 Å². The third kappa shape index (κ3) is 3.55. The number of hydrogen-bond donors (Lipinski definition) is 0. The van der Waals surface area contributed by atoms with Gasteiger partial charge in [-0.3, -0.25) is 0 Å². The summed E-state index contributed by atoms with van der Waals surface area (Å²) in [6.45, 7) is 20.0. The van der Waals surface area contributed by atoms with Gasteiger partial charge in [-0.15, -0.1) is 5.10 Å². The van der Waals surface area contributed by atoms with Crippen LogP contribution in [0.2, 0.25) is 0 Å².